The van der Waals surface area contributed by atoms with E-state index in [1.165, 1.54) is 56.7 Å². The van der Waals surface area contributed by atoms with E-state index in [2.05, 4.69) is 45.1 Å². The molecule has 2 heterocycles. The second kappa shape index (κ2) is 45.3. The summed E-state index contributed by atoms with van der Waals surface area (Å²) in [5.41, 5.74) is 19.4. The number of rotatable bonds is 42. The number of allylic oxidation sites excluding steroid dienone is 2. The van der Waals surface area contributed by atoms with Gasteiger partial charge in [0.1, 0.15) is 57.1 Å². The Morgan fingerprint density at radius 1 is 0.614 bits per heavy atom. The number of esters is 3. The number of phenolic OH excluding ortho intramolecular Hbond substituents is 1. The van der Waals surface area contributed by atoms with Gasteiger partial charge in [0.05, 0.1) is 46.2 Å². The molecule has 536 valence electrons. The minimum absolute atomic E-state index is 0.0131. The van der Waals surface area contributed by atoms with Crippen LogP contribution in [0.25, 0.3) is 20.9 Å². The highest BCUT2D eigenvalue weighted by Crippen LogP contribution is 2.37. The third-order valence-corrected chi connectivity index (χ3v) is 16.4. The zero-order chi connectivity index (χ0) is 72.4. The molecule has 23 heteroatoms. The standard InChI is InChI=1S/C78H94N8O15/c1-7-11-15-17-19-21-23-25-31-73(88)86-52-57-43-60(45-61(44-57)76(90)101-74-62(55-95-39-27-13-9-3)46-64(87)47-63(74)56-96-40-28-14-10-4)75(89)85(38-26-24-22-20-18-16-12-8-2)53-58-32-34-65(93-5)48-69(58)99-77(91)67-50-72(98-42-30-37-82-84-80)68(51-71(67)97-41-29-36-81-83-79)78(92)100-70-49-66(94-6)35-33-59(70)54-86/h3-4,7-8,32-35,43-51,87H,1-2,11-31,36-42,52-56H2,5-6H3. The van der Waals surface area contributed by atoms with Gasteiger partial charge in [-0.25, -0.2) is 14.4 Å². The Hall–Kier alpha value is -10.4. The number of aromatic hydroxyl groups is 1. The fourth-order valence-electron chi connectivity index (χ4n) is 11.1. The van der Waals surface area contributed by atoms with Gasteiger partial charge in [0, 0.05) is 122 Å². The number of benzene rings is 5. The molecule has 2 amide bonds. The lowest BCUT2D eigenvalue weighted by Gasteiger charge is -2.26. The third kappa shape index (κ3) is 27.0. The van der Waals surface area contributed by atoms with E-state index in [1.807, 2.05) is 12.2 Å². The Labute approximate surface area is 592 Å². The average molecular weight is 1380 g/mol. The van der Waals surface area contributed by atoms with E-state index in [0.717, 1.165) is 77.0 Å². The van der Waals surface area contributed by atoms with E-state index >= 15 is 24.0 Å². The molecule has 0 saturated heterocycles. The molecule has 0 spiro atoms. The van der Waals surface area contributed by atoms with Gasteiger partial charge >= 0.3 is 17.9 Å². The summed E-state index contributed by atoms with van der Waals surface area (Å²) in [6.45, 7) is 7.62. The summed E-state index contributed by atoms with van der Waals surface area (Å²) in [6, 6.07) is 19.7. The largest absolute Gasteiger partial charge is 0.508 e. The highest BCUT2D eigenvalue weighted by Gasteiger charge is 2.30. The molecule has 4 bridgehead atoms. The van der Waals surface area contributed by atoms with Crippen LogP contribution < -0.4 is 33.2 Å². The van der Waals surface area contributed by atoms with Crippen molar-refractivity contribution in [1.29, 1.82) is 0 Å². The van der Waals surface area contributed by atoms with E-state index < -0.39 is 23.8 Å². The van der Waals surface area contributed by atoms with Crippen LogP contribution in [0.4, 0.5) is 0 Å². The molecule has 0 aromatic heterocycles. The van der Waals surface area contributed by atoms with Crippen LogP contribution in [-0.2, 0) is 47.1 Å². The summed E-state index contributed by atoms with van der Waals surface area (Å²) in [6.07, 6.45) is 29.6. The number of terminal acetylenes is 2. The summed E-state index contributed by atoms with van der Waals surface area (Å²) in [5.74, 6) is 1.71. The van der Waals surface area contributed by atoms with Crippen LogP contribution in [0.1, 0.15) is 204 Å². The lowest BCUT2D eigenvalue weighted by atomic mass is 10.0. The van der Waals surface area contributed by atoms with Gasteiger partial charge in [0.2, 0.25) is 5.91 Å². The predicted molar refractivity (Wildman–Crippen MR) is 384 cm³/mol. The summed E-state index contributed by atoms with van der Waals surface area (Å²) >= 11 is 0. The summed E-state index contributed by atoms with van der Waals surface area (Å²) in [5, 5.41) is 18.3. The Balaban J connectivity index is 1.60. The number of ether oxygens (including phenoxy) is 9. The molecule has 0 fully saturated rings. The van der Waals surface area contributed by atoms with E-state index in [1.54, 1.807) is 46.2 Å². The van der Waals surface area contributed by atoms with E-state index in [-0.39, 0.29) is 167 Å². The first-order valence-electron chi connectivity index (χ1n) is 34.5. The predicted octanol–water partition coefficient (Wildman–Crippen LogP) is 16.8. The van der Waals surface area contributed by atoms with E-state index in [4.69, 9.17) is 66.5 Å². The fraction of sp³-hybridized carbons (Fsp3) is 0.449. The summed E-state index contributed by atoms with van der Waals surface area (Å²) < 4.78 is 54.9. The normalized spacial score (nSPS) is 12.2. The Morgan fingerprint density at radius 2 is 1.12 bits per heavy atom. The number of unbranched alkanes of at least 4 members (excludes halogenated alkanes) is 14. The SMILES string of the molecule is C#CCCCOCc1cc(O)cc(COCCCC#C)c1OC(=O)c1cc2cc(c1)C(=O)N(CCCCCCCCC=C)Cc1ccc(OC)cc1OC(=O)c1cc(OCCCN=[N+]=[N-])c(cc1OCCCN=[N+]=[N-])C(=O)Oc1cc(OC)ccc1CN(C(=O)CCCCCCCCC=C)C2. The minimum atomic E-state index is -0.983. The third-order valence-electron chi connectivity index (χ3n) is 16.4. The number of phenols is 1. The van der Waals surface area contributed by atoms with E-state index in [0.29, 0.717) is 72.1 Å². The number of hydrogen-bond acceptors (Lipinski definition) is 17. The maximum atomic E-state index is 16.0. The highest BCUT2D eigenvalue weighted by atomic mass is 16.6. The molecule has 7 rings (SSSR count). The molecule has 5 aromatic rings. The van der Waals surface area contributed by atoms with E-state index in [9.17, 15) is 5.11 Å². The molecular formula is C78H94N8O15. The van der Waals surface area contributed by atoms with Crippen molar-refractivity contribution in [1.82, 2.24) is 9.80 Å². The highest BCUT2D eigenvalue weighted by molar-refractivity contribution is 6.01. The van der Waals surface area contributed by atoms with Crippen molar-refractivity contribution in [3.05, 3.63) is 175 Å². The Morgan fingerprint density at radius 3 is 1.62 bits per heavy atom. The number of nitrogens with zero attached hydrogens (tertiary/aromatic N) is 8. The summed E-state index contributed by atoms with van der Waals surface area (Å²) in [4.78, 5) is 85.5. The topological polar surface area (TPSA) is 293 Å². The number of carbonyl (C=O) groups excluding carboxylic acids is 5. The van der Waals surface area contributed by atoms with Crippen LogP contribution in [0.5, 0.6) is 46.0 Å². The lowest BCUT2D eigenvalue weighted by Crippen LogP contribution is -2.33. The zero-order valence-electron chi connectivity index (χ0n) is 58.3. The van der Waals surface area contributed by atoms with Crippen molar-refractivity contribution < 1.29 is 71.7 Å². The molecule has 5 aromatic carbocycles. The monoisotopic (exact) mass is 1380 g/mol. The fourth-order valence-corrected chi connectivity index (χ4v) is 11.1. The van der Waals surface area contributed by atoms with Crippen LogP contribution in [0.3, 0.4) is 0 Å². The molecule has 1 N–H and O–H groups in total. The molecule has 0 saturated carbocycles. The summed E-state index contributed by atoms with van der Waals surface area (Å²) in [7, 11) is 2.88. The van der Waals surface area contributed by atoms with Gasteiger partial charge in [-0.05, 0) is 148 Å². The number of azide groups is 2. The van der Waals surface area contributed by atoms with Crippen LogP contribution in [-0.4, -0.2) is 105 Å². The van der Waals surface area contributed by atoms with Crippen LogP contribution in [0.15, 0.2) is 114 Å². The van der Waals surface area contributed by atoms with Gasteiger partial charge in [-0.3, -0.25) is 9.59 Å². The second-order valence-electron chi connectivity index (χ2n) is 24.1. The number of methoxy groups -OCH3 is 2. The number of hydrogen-bond donors (Lipinski definition) is 1. The number of fused-ring (bicyclic) bond motifs is 8. The molecule has 0 atom stereocenters. The molecular weight excluding hydrogens is 1290 g/mol. The first-order valence-corrected chi connectivity index (χ1v) is 34.5. The molecule has 0 radical (unpaired) electrons. The van der Waals surface area contributed by atoms with Gasteiger partial charge in [-0.2, -0.15) is 0 Å². The van der Waals surface area contributed by atoms with Gasteiger partial charge in [0.15, 0.2) is 0 Å². The van der Waals surface area contributed by atoms with Crippen molar-refractivity contribution in [2.24, 2.45) is 10.2 Å². The van der Waals surface area contributed by atoms with Crippen LogP contribution in [0, 0.1) is 24.7 Å². The number of amides is 2. The van der Waals surface area contributed by atoms with Gasteiger partial charge in [0.25, 0.3) is 5.91 Å². The molecule has 2 aliphatic rings. The molecule has 0 aliphatic carbocycles. The number of carbonyl (C=O) groups is 5. The maximum absolute atomic E-state index is 16.0. The van der Waals surface area contributed by atoms with Crippen molar-refractivity contribution >= 4 is 29.7 Å². The molecule has 101 heavy (non-hydrogen) atoms. The maximum Gasteiger partial charge on any atom is 0.347 e. The Kier molecular flexibility index (Phi) is 35.7. The van der Waals surface area contributed by atoms with Crippen molar-refractivity contribution in [3.63, 3.8) is 0 Å². The van der Waals surface area contributed by atoms with Crippen molar-refractivity contribution in [3.8, 4) is 70.7 Å². The Bertz CT molecular complexity index is 3730. The quantitative estimate of drug-likeness (QED) is 0.00555. The zero-order valence-corrected chi connectivity index (χ0v) is 58.3. The molecule has 2 aliphatic heterocycles. The van der Waals surface area contributed by atoms with Crippen molar-refractivity contribution in [2.45, 2.75) is 168 Å². The first-order chi connectivity index (χ1) is 49.3. The smallest absolute Gasteiger partial charge is 0.347 e. The van der Waals surface area contributed by atoms with Gasteiger partial charge in [-0.1, -0.05) is 73.7 Å². The lowest BCUT2D eigenvalue weighted by molar-refractivity contribution is -0.132. The molecule has 23 nitrogen and oxygen atoms in total. The average Bonchev–Trinajstić information content (AvgIpc) is 1.17. The van der Waals surface area contributed by atoms with Crippen LogP contribution >= 0.6 is 0 Å². The van der Waals surface area contributed by atoms with Crippen LogP contribution in [0.2, 0.25) is 0 Å². The molecule has 0 unspecified atom stereocenters. The van der Waals surface area contributed by atoms with Gasteiger partial charge in [-0.15, -0.1) is 37.8 Å². The van der Waals surface area contributed by atoms with Crippen molar-refractivity contribution in [2.75, 3.05) is 60.3 Å². The minimum Gasteiger partial charge on any atom is -0.508 e. The first kappa shape index (κ1) is 79.6. The second-order valence-corrected chi connectivity index (χ2v) is 24.1. The van der Waals surface area contributed by atoms with Gasteiger partial charge < -0.3 is 57.5 Å².